The number of aryl methyl sites for hydroxylation is 1. The second kappa shape index (κ2) is 6.96. The number of amides is 1. The smallest absolute Gasteiger partial charge is 0.264 e. The lowest BCUT2D eigenvalue weighted by molar-refractivity contribution is 0.0790. The van der Waals surface area contributed by atoms with Gasteiger partial charge in [-0.25, -0.2) is 4.39 Å². The number of aromatic nitrogens is 2. The van der Waals surface area contributed by atoms with Gasteiger partial charge in [-0.3, -0.25) is 9.48 Å². The number of carbonyl (C=O) groups excluding carboxylic acids is 1. The Morgan fingerprint density at radius 2 is 1.85 bits per heavy atom. The van der Waals surface area contributed by atoms with Crippen LogP contribution in [0.15, 0.2) is 60.7 Å². The number of hydrogen-bond acceptors (Lipinski definition) is 3. The average Bonchev–Trinajstić information content (AvgIpc) is 3.23. The zero-order chi connectivity index (χ0) is 19.0. The van der Waals surface area contributed by atoms with Gasteiger partial charge in [-0.15, -0.1) is 11.3 Å². The lowest BCUT2D eigenvalue weighted by Crippen LogP contribution is -2.25. The van der Waals surface area contributed by atoms with Crippen LogP contribution >= 0.6 is 11.3 Å². The Morgan fingerprint density at radius 1 is 1.15 bits per heavy atom. The van der Waals surface area contributed by atoms with Crippen molar-refractivity contribution in [3.8, 4) is 11.3 Å². The predicted molar refractivity (Wildman–Crippen MR) is 106 cm³/mol. The second-order valence-corrected chi connectivity index (χ2v) is 7.46. The summed E-state index contributed by atoms with van der Waals surface area (Å²) in [6, 6.07) is 18.2. The Hall–Kier alpha value is -2.99. The fraction of sp³-hybridized carbons (Fsp3) is 0.143. The van der Waals surface area contributed by atoms with Gasteiger partial charge in [0.25, 0.3) is 5.91 Å². The zero-order valence-corrected chi connectivity index (χ0v) is 15.8. The molecule has 2 aromatic carbocycles. The van der Waals surface area contributed by atoms with Gasteiger partial charge in [0.05, 0.1) is 4.88 Å². The van der Waals surface area contributed by atoms with E-state index in [9.17, 15) is 9.18 Å². The van der Waals surface area contributed by atoms with E-state index in [4.69, 9.17) is 0 Å². The zero-order valence-electron chi connectivity index (χ0n) is 15.0. The van der Waals surface area contributed by atoms with Gasteiger partial charge in [-0.05, 0) is 23.8 Å². The van der Waals surface area contributed by atoms with Crippen LogP contribution in [0.1, 0.15) is 15.2 Å². The van der Waals surface area contributed by atoms with Gasteiger partial charge in [0.15, 0.2) is 0 Å². The van der Waals surface area contributed by atoms with Crippen molar-refractivity contribution in [2.45, 2.75) is 6.54 Å². The third-order valence-corrected chi connectivity index (χ3v) is 5.65. The molecule has 0 spiro atoms. The first-order chi connectivity index (χ1) is 13.0. The molecule has 2 aromatic heterocycles. The summed E-state index contributed by atoms with van der Waals surface area (Å²) in [5.41, 5.74) is 2.08. The molecule has 6 heteroatoms. The first kappa shape index (κ1) is 17.4. The molecule has 0 saturated heterocycles. The van der Waals surface area contributed by atoms with E-state index in [1.165, 1.54) is 17.4 Å². The van der Waals surface area contributed by atoms with E-state index < -0.39 is 0 Å². The Labute approximate surface area is 160 Å². The van der Waals surface area contributed by atoms with Crippen molar-refractivity contribution in [1.29, 1.82) is 0 Å². The summed E-state index contributed by atoms with van der Waals surface area (Å²) >= 11 is 1.38. The first-order valence-electron chi connectivity index (χ1n) is 8.55. The maximum Gasteiger partial charge on any atom is 0.264 e. The summed E-state index contributed by atoms with van der Waals surface area (Å²) in [5, 5.41) is 5.25. The fourth-order valence-corrected chi connectivity index (χ4v) is 4.18. The molecule has 0 bridgehead atoms. The van der Waals surface area contributed by atoms with E-state index in [2.05, 4.69) is 5.10 Å². The third-order valence-electron chi connectivity index (χ3n) is 4.46. The van der Waals surface area contributed by atoms with Gasteiger partial charge in [-0.2, -0.15) is 5.10 Å². The molecular weight excluding hydrogens is 361 g/mol. The van der Waals surface area contributed by atoms with Gasteiger partial charge >= 0.3 is 0 Å². The first-order valence-corrected chi connectivity index (χ1v) is 9.37. The average molecular weight is 379 g/mol. The van der Waals surface area contributed by atoms with Crippen LogP contribution in [0.5, 0.6) is 0 Å². The van der Waals surface area contributed by atoms with E-state index in [1.807, 2.05) is 43.4 Å². The molecule has 4 rings (SSSR count). The normalized spacial score (nSPS) is 11.1. The number of rotatable bonds is 4. The molecule has 0 unspecified atom stereocenters. The Morgan fingerprint density at radius 3 is 2.59 bits per heavy atom. The van der Waals surface area contributed by atoms with E-state index in [1.54, 1.807) is 34.8 Å². The molecule has 0 aliphatic carbocycles. The summed E-state index contributed by atoms with van der Waals surface area (Å²) in [4.78, 5) is 16.0. The van der Waals surface area contributed by atoms with Crippen LogP contribution in [0.2, 0.25) is 0 Å². The van der Waals surface area contributed by atoms with Crippen LogP contribution in [-0.4, -0.2) is 27.6 Å². The number of fused-ring (bicyclic) bond motifs is 1. The van der Waals surface area contributed by atoms with Crippen LogP contribution < -0.4 is 0 Å². The highest BCUT2D eigenvalue weighted by atomic mass is 32.1. The highest BCUT2D eigenvalue weighted by molar-refractivity contribution is 7.20. The van der Waals surface area contributed by atoms with Crippen LogP contribution in [-0.2, 0) is 13.6 Å². The number of nitrogens with zero attached hydrogens (tertiary/aromatic N) is 3. The molecule has 0 N–H and O–H groups in total. The molecule has 0 radical (unpaired) electrons. The van der Waals surface area contributed by atoms with Crippen molar-refractivity contribution in [2.75, 3.05) is 7.05 Å². The SMILES string of the molecule is CN(Cc1ccccc1)C(=O)c1cc2c(-c3ccccc3F)nn(C)c2s1. The van der Waals surface area contributed by atoms with Gasteiger partial charge in [0.1, 0.15) is 16.3 Å². The second-order valence-electron chi connectivity index (χ2n) is 6.43. The van der Waals surface area contributed by atoms with Gasteiger partial charge in [0.2, 0.25) is 0 Å². The van der Waals surface area contributed by atoms with Crippen LogP contribution in [0.3, 0.4) is 0 Å². The molecule has 1 amide bonds. The molecule has 0 atom stereocenters. The molecule has 4 nitrogen and oxygen atoms in total. The van der Waals surface area contributed by atoms with Crippen molar-refractivity contribution in [1.82, 2.24) is 14.7 Å². The number of halogens is 1. The Bertz CT molecular complexity index is 1120. The minimum atomic E-state index is -0.322. The molecule has 136 valence electrons. The number of carbonyl (C=O) groups is 1. The summed E-state index contributed by atoms with van der Waals surface area (Å²) in [6.45, 7) is 0.534. The monoisotopic (exact) mass is 379 g/mol. The largest absolute Gasteiger partial charge is 0.337 e. The number of thiophene rings is 1. The number of benzene rings is 2. The Kier molecular flexibility index (Phi) is 4.49. The molecule has 27 heavy (non-hydrogen) atoms. The molecule has 0 fully saturated rings. The molecule has 0 aliphatic rings. The van der Waals surface area contributed by atoms with Crippen molar-refractivity contribution in [3.05, 3.63) is 76.9 Å². The molecule has 0 aliphatic heterocycles. The standard InChI is InChI=1S/C21H18FN3OS/c1-24(13-14-8-4-3-5-9-14)20(26)18-12-16-19(23-25(2)21(16)27-18)15-10-6-7-11-17(15)22/h3-12H,13H2,1-2H3. The van der Waals surface area contributed by atoms with E-state index in [0.717, 1.165) is 15.8 Å². The minimum Gasteiger partial charge on any atom is -0.337 e. The van der Waals surface area contributed by atoms with Crippen LogP contribution in [0.25, 0.3) is 21.5 Å². The lowest BCUT2D eigenvalue weighted by Gasteiger charge is -2.16. The highest BCUT2D eigenvalue weighted by Crippen LogP contribution is 2.35. The third kappa shape index (κ3) is 3.24. The quantitative estimate of drug-likeness (QED) is 0.515. The topological polar surface area (TPSA) is 38.1 Å². The minimum absolute atomic E-state index is 0.0560. The maximum absolute atomic E-state index is 14.2. The lowest BCUT2D eigenvalue weighted by atomic mass is 10.1. The predicted octanol–water partition coefficient (Wildman–Crippen LogP) is 4.71. The van der Waals surface area contributed by atoms with Gasteiger partial charge in [0, 0.05) is 31.6 Å². The van der Waals surface area contributed by atoms with Crippen molar-refractivity contribution in [3.63, 3.8) is 0 Å². The highest BCUT2D eigenvalue weighted by Gasteiger charge is 2.21. The van der Waals surface area contributed by atoms with Crippen molar-refractivity contribution in [2.24, 2.45) is 7.05 Å². The van der Waals surface area contributed by atoms with E-state index >= 15 is 0 Å². The molecule has 0 saturated carbocycles. The summed E-state index contributed by atoms with van der Waals surface area (Å²) in [6.07, 6.45) is 0. The Balaban J connectivity index is 1.69. The van der Waals surface area contributed by atoms with Gasteiger partial charge < -0.3 is 4.90 Å². The molecule has 2 heterocycles. The van der Waals surface area contributed by atoms with E-state index in [0.29, 0.717) is 22.7 Å². The van der Waals surface area contributed by atoms with E-state index in [-0.39, 0.29) is 11.7 Å². The maximum atomic E-state index is 14.2. The number of hydrogen-bond donors (Lipinski definition) is 0. The summed E-state index contributed by atoms with van der Waals surface area (Å²) in [7, 11) is 3.60. The van der Waals surface area contributed by atoms with Crippen molar-refractivity contribution >= 4 is 27.5 Å². The van der Waals surface area contributed by atoms with Crippen LogP contribution in [0.4, 0.5) is 4.39 Å². The van der Waals surface area contributed by atoms with Crippen molar-refractivity contribution < 1.29 is 9.18 Å². The summed E-state index contributed by atoms with van der Waals surface area (Å²) < 4.78 is 15.9. The molecular formula is C21H18FN3OS. The van der Waals surface area contributed by atoms with Gasteiger partial charge in [-0.1, -0.05) is 42.5 Å². The fourth-order valence-electron chi connectivity index (χ4n) is 3.12. The summed E-state index contributed by atoms with van der Waals surface area (Å²) in [5.74, 6) is -0.377. The molecule has 4 aromatic rings. The van der Waals surface area contributed by atoms with Crippen LogP contribution in [0, 0.1) is 5.82 Å².